The van der Waals surface area contributed by atoms with E-state index in [-0.39, 0.29) is 6.10 Å². The lowest BCUT2D eigenvalue weighted by Gasteiger charge is -2.17. The van der Waals surface area contributed by atoms with Crippen LogP contribution in [0, 0.1) is 0 Å². The molecule has 0 aromatic heterocycles. The van der Waals surface area contributed by atoms with E-state index in [1.165, 1.54) is 16.7 Å². The molecule has 0 radical (unpaired) electrons. The maximum atomic E-state index is 10.0. The molecule has 0 spiro atoms. The maximum Gasteiger partial charge on any atom is 0.122 e. The first-order valence-electron chi connectivity index (χ1n) is 8.72. The number of ether oxygens (including phenoxy) is 1. The lowest BCUT2D eigenvalue weighted by molar-refractivity contribution is 0.116. The standard InChI is InChI=1S/C21H27BrO2/c1-4-6-15(3)19-11-12-24-21(19)10-7-16(5-2)13-17-14-18(22)8-9-20(17)23/h8-9,11,13-14,21,23H,3-7,10,12H2,1-2H3/b16-13+. The van der Waals surface area contributed by atoms with Crippen LogP contribution in [0.4, 0.5) is 0 Å². The monoisotopic (exact) mass is 390 g/mol. The van der Waals surface area contributed by atoms with Crippen LogP contribution in [0.3, 0.4) is 0 Å². The molecule has 1 unspecified atom stereocenters. The summed E-state index contributed by atoms with van der Waals surface area (Å²) in [6, 6.07) is 5.52. The predicted octanol–water partition coefficient (Wildman–Crippen LogP) is 6.41. The van der Waals surface area contributed by atoms with Crippen LogP contribution in [0.25, 0.3) is 6.08 Å². The summed E-state index contributed by atoms with van der Waals surface area (Å²) in [5.74, 6) is 0.318. The Balaban J connectivity index is 2.03. The molecule has 24 heavy (non-hydrogen) atoms. The molecule has 0 saturated carbocycles. The molecular weight excluding hydrogens is 364 g/mol. The fraction of sp³-hybridized carbons (Fsp3) is 0.429. The fourth-order valence-electron chi connectivity index (χ4n) is 3.06. The number of halogens is 1. The van der Waals surface area contributed by atoms with Gasteiger partial charge in [-0.05, 0) is 55.0 Å². The number of rotatable bonds is 8. The normalized spacial score (nSPS) is 17.9. The van der Waals surface area contributed by atoms with Crippen molar-refractivity contribution in [3.63, 3.8) is 0 Å². The minimum Gasteiger partial charge on any atom is -0.507 e. The van der Waals surface area contributed by atoms with Crippen molar-refractivity contribution in [3.8, 4) is 5.75 Å². The Morgan fingerprint density at radius 3 is 2.88 bits per heavy atom. The second-order valence-corrected chi connectivity index (χ2v) is 7.15. The van der Waals surface area contributed by atoms with Crippen LogP contribution in [0.15, 0.2) is 52.0 Å². The Hall–Kier alpha value is -1.32. The van der Waals surface area contributed by atoms with Crippen molar-refractivity contribution in [2.45, 2.75) is 52.1 Å². The molecule has 1 aromatic carbocycles. The van der Waals surface area contributed by atoms with Gasteiger partial charge in [0, 0.05) is 10.0 Å². The van der Waals surface area contributed by atoms with Crippen molar-refractivity contribution in [1.82, 2.24) is 0 Å². The van der Waals surface area contributed by atoms with E-state index in [4.69, 9.17) is 4.74 Å². The Morgan fingerprint density at radius 1 is 1.38 bits per heavy atom. The molecule has 1 aliphatic heterocycles. The summed E-state index contributed by atoms with van der Waals surface area (Å²) in [6.45, 7) is 9.24. The van der Waals surface area contributed by atoms with Gasteiger partial charge in [-0.25, -0.2) is 0 Å². The summed E-state index contributed by atoms with van der Waals surface area (Å²) in [6.07, 6.45) is 9.48. The molecule has 2 nitrogen and oxygen atoms in total. The van der Waals surface area contributed by atoms with Crippen LogP contribution in [0.2, 0.25) is 0 Å². The van der Waals surface area contributed by atoms with Gasteiger partial charge in [0.25, 0.3) is 0 Å². The Labute approximate surface area is 154 Å². The summed E-state index contributed by atoms with van der Waals surface area (Å²) >= 11 is 3.46. The molecule has 2 rings (SSSR count). The zero-order valence-electron chi connectivity index (χ0n) is 14.6. The molecular formula is C21H27BrO2. The number of allylic oxidation sites excluding steroid dienone is 1. The SMILES string of the molecule is C=C(CCC)C1=CCOC1CC/C(=C/c1cc(Br)ccc1O)CC. The van der Waals surface area contributed by atoms with Crippen LogP contribution in [-0.4, -0.2) is 17.8 Å². The fourth-order valence-corrected chi connectivity index (χ4v) is 3.44. The van der Waals surface area contributed by atoms with Gasteiger partial charge in [0.1, 0.15) is 5.75 Å². The van der Waals surface area contributed by atoms with Gasteiger partial charge in [-0.15, -0.1) is 0 Å². The Bertz CT molecular complexity index is 643. The molecule has 0 fully saturated rings. The molecule has 0 bridgehead atoms. The smallest absolute Gasteiger partial charge is 0.122 e. The molecule has 3 heteroatoms. The third-order valence-electron chi connectivity index (χ3n) is 4.44. The zero-order chi connectivity index (χ0) is 17.5. The van der Waals surface area contributed by atoms with E-state index in [2.05, 4.69) is 48.5 Å². The molecule has 1 aliphatic rings. The van der Waals surface area contributed by atoms with Gasteiger partial charge in [-0.2, -0.15) is 0 Å². The quantitative estimate of drug-likeness (QED) is 0.555. The predicted molar refractivity (Wildman–Crippen MR) is 105 cm³/mol. The molecule has 0 saturated heterocycles. The van der Waals surface area contributed by atoms with Gasteiger partial charge < -0.3 is 9.84 Å². The molecule has 1 heterocycles. The minimum absolute atomic E-state index is 0.162. The lowest BCUT2D eigenvalue weighted by Crippen LogP contribution is -2.11. The second-order valence-electron chi connectivity index (χ2n) is 6.23. The molecule has 1 N–H and O–H groups in total. The first-order valence-corrected chi connectivity index (χ1v) is 9.52. The highest BCUT2D eigenvalue weighted by Gasteiger charge is 2.21. The number of aromatic hydroxyl groups is 1. The number of hydrogen-bond donors (Lipinski definition) is 1. The Kier molecular flexibility index (Phi) is 7.32. The third kappa shape index (κ3) is 5.09. The third-order valence-corrected chi connectivity index (χ3v) is 4.93. The van der Waals surface area contributed by atoms with Crippen LogP contribution in [-0.2, 0) is 4.74 Å². The number of benzene rings is 1. The molecule has 0 amide bonds. The van der Waals surface area contributed by atoms with E-state index < -0.39 is 0 Å². The maximum absolute atomic E-state index is 10.0. The van der Waals surface area contributed by atoms with Gasteiger partial charge in [-0.3, -0.25) is 0 Å². The van der Waals surface area contributed by atoms with Gasteiger partial charge in [0.05, 0.1) is 12.7 Å². The largest absolute Gasteiger partial charge is 0.507 e. The van der Waals surface area contributed by atoms with Gasteiger partial charge in [0.15, 0.2) is 0 Å². The summed E-state index contributed by atoms with van der Waals surface area (Å²) < 4.78 is 6.86. The minimum atomic E-state index is 0.162. The lowest BCUT2D eigenvalue weighted by atomic mass is 9.94. The van der Waals surface area contributed by atoms with E-state index in [0.717, 1.165) is 42.1 Å². The molecule has 1 aromatic rings. The highest BCUT2D eigenvalue weighted by atomic mass is 79.9. The summed E-state index contributed by atoms with van der Waals surface area (Å²) in [5, 5.41) is 10.0. The first kappa shape index (κ1) is 19.0. The Morgan fingerprint density at radius 2 is 2.17 bits per heavy atom. The highest BCUT2D eigenvalue weighted by molar-refractivity contribution is 9.10. The summed E-state index contributed by atoms with van der Waals surface area (Å²) in [7, 11) is 0. The van der Waals surface area contributed by atoms with E-state index in [1.807, 2.05) is 12.1 Å². The average Bonchev–Trinajstić information content (AvgIpc) is 3.03. The highest BCUT2D eigenvalue weighted by Crippen LogP contribution is 2.30. The number of hydrogen-bond acceptors (Lipinski definition) is 2. The van der Waals surface area contributed by atoms with Crippen molar-refractivity contribution in [3.05, 3.63) is 57.6 Å². The number of phenols is 1. The van der Waals surface area contributed by atoms with Gasteiger partial charge >= 0.3 is 0 Å². The number of phenolic OH excluding ortho intramolecular Hbond substituents is 1. The zero-order valence-corrected chi connectivity index (χ0v) is 16.2. The molecule has 0 aliphatic carbocycles. The molecule has 1 atom stereocenters. The van der Waals surface area contributed by atoms with E-state index in [9.17, 15) is 5.11 Å². The van der Waals surface area contributed by atoms with E-state index in [1.54, 1.807) is 6.07 Å². The van der Waals surface area contributed by atoms with Crippen LogP contribution >= 0.6 is 15.9 Å². The summed E-state index contributed by atoms with van der Waals surface area (Å²) in [5.41, 5.74) is 4.68. The van der Waals surface area contributed by atoms with Crippen molar-refractivity contribution < 1.29 is 9.84 Å². The van der Waals surface area contributed by atoms with Crippen LogP contribution in [0.5, 0.6) is 5.75 Å². The van der Waals surface area contributed by atoms with Crippen LogP contribution < -0.4 is 0 Å². The first-order chi connectivity index (χ1) is 11.5. The van der Waals surface area contributed by atoms with Crippen molar-refractivity contribution >= 4 is 22.0 Å². The topological polar surface area (TPSA) is 29.5 Å². The van der Waals surface area contributed by atoms with Gasteiger partial charge in [0.2, 0.25) is 0 Å². The summed E-state index contributed by atoms with van der Waals surface area (Å²) in [4.78, 5) is 0. The van der Waals surface area contributed by atoms with Crippen molar-refractivity contribution in [2.24, 2.45) is 0 Å². The average molecular weight is 391 g/mol. The van der Waals surface area contributed by atoms with E-state index in [0.29, 0.717) is 12.4 Å². The second kappa shape index (κ2) is 9.24. The van der Waals surface area contributed by atoms with Crippen molar-refractivity contribution in [2.75, 3.05) is 6.61 Å². The van der Waals surface area contributed by atoms with Crippen molar-refractivity contribution in [1.29, 1.82) is 0 Å². The van der Waals surface area contributed by atoms with Gasteiger partial charge in [-0.1, -0.05) is 60.5 Å². The molecule has 130 valence electrons. The van der Waals surface area contributed by atoms with Crippen LogP contribution in [0.1, 0.15) is 51.5 Å². The van der Waals surface area contributed by atoms with E-state index >= 15 is 0 Å².